The highest BCUT2D eigenvalue weighted by atomic mass is 32.2. The van der Waals surface area contributed by atoms with E-state index in [1.54, 1.807) is 61.8 Å². The van der Waals surface area contributed by atoms with Crippen LogP contribution in [0.5, 0.6) is 0 Å². The number of rotatable bonds is 3. The van der Waals surface area contributed by atoms with Gasteiger partial charge in [0.1, 0.15) is 4.90 Å². The number of aromatic nitrogens is 3. The molecule has 0 saturated carbocycles. The van der Waals surface area contributed by atoms with Crippen LogP contribution in [0.1, 0.15) is 5.56 Å². The van der Waals surface area contributed by atoms with Crippen molar-refractivity contribution < 1.29 is 12.9 Å². The number of hydrogen-bond donors (Lipinski definition) is 1. The Bertz CT molecular complexity index is 1500. The van der Waals surface area contributed by atoms with Crippen LogP contribution in [-0.2, 0) is 17.1 Å². The minimum atomic E-state index is -3.68. The van der Waals surface area contributed by atoms with Gasteiger partial charge >= 0.3 is 0 Å². The number of sulfonamides is 1. The smallest absolute Gasteiger partial charge is 0.285 e. The second-order valence-electron chi connectivity index (χ2n) is 6.90. The van der Waals surface area contributed by atoms with Crippen molar-refractivity contribution in [2.45, 2.75) is 4.90 Å². The fourth-order valence-electron chi connectivity index (χ4n) is 3.21. The highest BCUT2D eigenvalue weighted by molar-refractivity contribution is 7.90. The second kappa shape index (κ2) is 7.03. The molecule has 1 aliphatic rings. The molecule has 5 rings (SSSR count). The number of nitrogens with zero attached hydrogens (tertiary/aromatic N) is 4. The van der Waals surface area contributed by atoms with E-state index in [1.807, 2.05) is 0 Å². The van der Waals surface area contributed by atoms with Crippen molar-refractivity contribution in [2.24, 2.45) is 11.4 Å². The van der Waals surface area contributed by atoms with Crippen molar-refractivity contribution >= 4 is 21.5 Å². The van der Waals surface area contributed by atoms with Crippen LogP contribution in [0.25, 0.3) is 22.8 Å². The molecule has 2 aromatic heterocycles. The van der Waals surface area contributed by atoms with Gasteiger partial charge < -0.3 is 14.4 Å². The first-order chi connectivity index (χ1) is 14.9. The normalized spacial score (nSPS) is 14.2. The lowest BCUT2D eigenvalue weighted by molar-refractivity contribution is 0.432. The highest BCUT2D eigenvalue weighted by Gasteiger charge is 2.28. The largest absolute Gasteiger partial charge is 0.339 e. The second-order valence-corrected chi connectivity index (χ2v) is 8.48. The Morgan fingerprint density at radius 2 is 1.71 bits per heavy atom. The molecular weight excluding hydrogens is 418 g/mol. The number of nitrogens with one attached hydrogen (secondary N) is 1. The van der Waals surface area contributed by atoms with Gasteiger partial charge in [-0.05, 0) is 42.5 Å². The number of benzene rings is 2. The molecule has 0 amide bonds. The van der Waals surface area contributed by atoms with E-state index in [1.165, 1.54) is 16.7 Å². The summed E-state index contributed by atoms with van der Waals surface area (Å²) < 4.78 is 35.0. The first kappa shape index (κ1) is 18.9. The molecule has 0 atom stereocenters. The fraction of sp³-hybridized carbons (Fsp3) is 0.0476. The molecule has 0 spiro atoms. The van der Waals surface area contributed by atoms with Crippen LogP contribution in [0, 0.1) is 0 Å². The molecule has 0 unspecified atom stereocenters. The molecule has 154 valence electrons. The van der Waals surface area contributed by atoms with Crippen LogP contribution in [-0.4, -0.2) is 29.0 Å². The van der Waals surface area contributed by atoms with Gasteiger partial charge in [0.2, 0.25) is 11.4 Å². The quantitative estimate of drug-likeness (QED) is 0.527. The lowest BCUT2D eigenvalue weighted by Crippen LogP contribution is -2.14. The van der Waals surface area contributed by atoms with Crippen molar-refractivity contribution in [1.82, 2.24) is 14.7 Å². The van der Waals surface area contributed by atoms with Crippen LogP contribution in [0.15, 0.2) is 85.5 Å². The Kier molecular flexibility index (Phi) is 4.29. The van der Waals surface area contributed by atoms with Gasteiger partial charge in [0, 0.05) is 41.7 Å². The van der Waals surface area contributed by atoms with Gasteiger partial charge in [-0.2, -0.15) is 13.4 Å². The number of aryl methyl sites for hydroxylation is 1. The zero-order chi connectivity index (χ0) is 21.6. The minimum Gasteiger partial charge on any atom is -0.339 e. The van der Waals surface area contributed by atoms with Crippen molar-refractivity contribution in [3.8, 4) is 22.8 Å². The fourth-order valence-corrected chi connectivity index (χ4v) is 4.39. The molecule has 2 aromatic carbocycles. The van der Waals surface area contributed by atoms with Gasteiger partial charge in [0.15, 0.2) is 5.84 Å². The van der Waals surface area contributed by atoms with Gasteiger partial charge in [-0.15, -0.1) is 4.40 Å². The third kappa shape index (κ3) is 3.42. The minimum absolute atomic E-state index is 0.127. The number of amidine groups is 1. The van der Waals surface area contributed by atoms with Crippen LogP contribution >= 0.6 is 0 Å². The van der Waals surface area contributed by atoms with Crippen LogP contribution < -0.4 is 10.9 Å². The highest BCUT2D eigenvalue weighted by Crippen LogP contribution is 2.28. The van der Waals surface area contributed by atoms with E-state index in [0.29, 0.717) is 34.1 Å². The van der Waals surface area contributed by atoms with Gasteiger partial charge in [0.05, 0.1) is 0 Å². The Hall–Kier alpha value is -4.05. The number of pyridine rings is 1. The predicted octanol–water partition coefficient (Wildman–Crippen LogP) is 2.66. The molecule has 9 nitrogen and oxygen atoms in total. The maximum atomic E-state index is 12.2. The van der Waals surface area contributed by atoms with Gasteiger partial charge in [-0.25, -0.2) is 0 Å². The first-order valence-corrected chi connectivity index (χ1v) is 10.7. The van der Waals surface area contributed by atoms with Crippen LogP contribution in [0.3, 0.4) is 0 Å². The summed E-state index contributed by atoms with van der Waals surface area (Å²) in [7, 11) is -2.03. The van der Waals surface area contributed by atoms with E-state index < -0.39 is 10.0 Å². The van der Waals surface area contributed by atoms with Crippen molar-refractivity contribution in [3.05, 3.63) is 82.8 Å². The number of fused-ring (bicyclic) bond motifs is 1. The molecule has 10 heteroatoms. The zero-order valence-corrected chi connectivity index (χ0v) is 17.0. The molecule has 1 aliphatic heterocycles. The molecule has 0 aliphatic carbocycles. The molecule has 3 heterocycles. The summed E-state index contributed by atoms with van der Waals surface area (Å²) in [5.41, 5.74) is 2.42. The topological polar surface area (TPSA) is 119 Å². The van der Waals surface area contributed by atoms with E-state index in [0.717, 1.165) is 0 Å². The monoisotopic (exact) mass is 433 g/mol. The third-order valence-electron chi connectivity index (χ3n) is 4.80. The molecular formula is C21H15N5O4S. The van der Waals surface area contributed by atoms with Crippen LogP contribution in [0.2, 0.25) is 0 Å². The van der Waals surface area contributed by atoms with E-state index in [9.17, 15) is 13.2 Å². The van der Waals surface area contributed by atoms with E-state index in [4.69, 9.17) is 4.52 Å². The lowest BCUT2D eigenvalue weighted by atomic mass is 10.1. The van der Waals surface area contributed by atoms with E-state index in [-0.39, 0.29) is 16.3 Å². The van der Waals surface area contributed by atoms with Crippen molar-refractivity contribution in [2.75, 3.05) is 5.32 Å². The third-order valence-corrected chi connectivity index (χ3v) is 6.13. The van der Waals surface area contributed by atoms with Gasteiger partial charge in [0.25, 0.3) is 15.9 Å². The maximum absolute atomic E-state index is 12.2. The molecule has 4 aromatic rings. The first-order valence-electron chi connectivity index (χ1n) is 9.23. The average molecular weight is 433 g/mol. The molecule has 0 fully saturated rings. The predicted molar refractivity (Wildman–Crippen MR) is 114 cm³/mol. The number of anilines is 1. The molecule has 0 saturated heterocycles. The summed E-state index contributed by atoms with van der Waals surface area (Å²) in [6.45, 7) is 0. The molecule has 0 bridgehead atoms. The molecule has 1 N–H and O–H groups in total. The average Bonchev–Trinajstić information content (AvgIpc) is 3.34. The standard InChI is InChI=1S/C21H15N5O4S/c1-26-12-14(8-11-18(26)27)19-23-21(30-24-19)13-6-9-15(10-7-13)22-20-16-4-2-3-5-17(16)31(28,29)25-20/h2-12H,1H3,(H,22,25). The summed E-state index contributed by atoms with van der Waals surface area (Å²) in [4.78, 5) is 16.1. The lowest BCUT2D eigenvalue weighted by Gasteiger charge is -2.06. The Balaban J connectivity index is 1.39. The summed E-state index contributed by atoms with van der Waals surface area (Å²) in [5.74, 6) is 0.967. The van der Waals surface area contributed by atoms with Crippen molar-refractivity contribution in [3.63, 3.8) is 0 Å². The number of hydrogen-bond acceptors (Lipinski definition) is 7. The summed E-state index contributed by atoms with van der Waals surface area (Å²) in [5, 5.41) is 7.02. The van der Waals surface area contributed by atoms with Crippen LogP contribution in [0.4, 0.5) is 5.69 Å². The van der Waals surface area contributed by atoms with Crippen molar-refractivity contribution in [1.29, 1.82) is 0 Å². The Morgan fingerprint density at radius 1 is 0.968 bits per heavy atom. The Labute approximate surface area is 176 Å². The van der Waals surface area contributed by atoms with E-state index in [2.05, 4.69) is 19.9 Å². The zero-order valence-electron chi connectivity index (χ0n) is 16.2. The summed E-state index contributed by atoms with van der Waals surface area (Å²) in [6, 6.07) is 16.8. The SMILES string of the molecule is Cn1cc(-c2noc(-c3ccc(NC4=NS(=O)(=O)c5ccccc54)cc3)n2)ccc1=O. The van der Waals surface area contributed by atoms with Gasteiger partial charge in [-0.3, -0.25) is 4.79 Å². The van der Waals surface area contributed by atoms with E-state index >= 15 is 0 Å². The summed E-state index contributed by atoms with van der Waals surface area (Å²) >= 11 is 0. The maximum Gasteiger partial charge on any atom is 0.285 e. The Morgan fingerprint density at radius 3 is 2.48 bits per heavy atom. The molecule has 0 radical (unpaired) electrons. The summed E-state index contributed by atoms with van der Waals surface area (Å²) in [6.07, 6.45) is 1.64. The van der Waals surface area contributed by atoms with Gasteiger partial charge in [-0.1, -0.05) is 17.3 Å². The molecule has 31 heavy (non-hydrogen) atoms.